The first-order valence-corrected chi connectivity index (χ1v) is 6.94. The van der Waals surface area contributed by atoms with Gasteiger partial charge in [-0.2, -0.15) is 0 Å². The molecule has 3 rings (SSSR count). The van der Waals surface area contributed by atoms with Crippen molar-refractivity contribution >= 4 is 23.5 Å². The number of benzene rings is 1. The Hall–Kier alpha value is -2.27. The lowest BCUT2D eigenvalue weighted by molar-refractivity contribution is -0.125. The van der Waals surface area contributed by atoms with Crippen molar-refractivity contribution in [3.8, 4) is 0 Å². The minimum Gasteiger partial charge on any atom is -0.329 e. The summed E-state index contributed by atoms with van der Waals surface area (Å²) in [5, 5.41) is 6.12. The molecule has 0 aromatic heterocycles. The highest BCUT2D eigenvalue weighted by atomic mass is 35.5. The Balaban J connectivity index is 1.98. The van der Waals surface area contributed by atoms with E-state index in [4.69, 9.17) is 11.6 Å². The summed E-state index contributed by atoms with van der Waals surface area (Å²) in [6.07, 6.45) is 1.67. The van der Waals surface area contributed by atoms with Gasteiger partial charge in [0.2, 0.25) is 0 Å². The lowest BCUT2D eigenvalue weighted by atomic mass is 9.96. The third-order valence-corrected chi connectivity index (χ3v) is 3.83. The van der Waals surface area contributed by atoms with Crippen molar-refractivity contribution in [1.82, 2.24) is 15.5 Å². The summed E-state index contributed by atoms with van der Waals surface area (Å²) in [4.78, 5) is 25.9. The molecule has 0 fully saturated rings. The molecule has 0 radical (unpaired) electrons. The lowest BCUT2D eigenvalue weighted by Gasteiger charge is -2.25. The zero-order chi connectivity index (χ0) is 15.0. The molecule has 5 nitrogen and oxygen atoms in total. The number of carbonyl (C=O) groups excluding carboxylic acids is 2. The molecule has 6 heteroatoms. The molecule has 0 aliphatic carbocycles. The molecule has 2 aliphatic rings. The van der Waals surface area contributed by atoms with Gasteiger partial charge in [-0.25, -0.2) is 4.79 Å². The number of hydrogen-bond acceptors (Lipinski definition) is 2. The second kappa shape index (κ2) is 5.26. The number of nitrogens with one attached hydrogen (secondary N) is 2. The number of carbonyl (C=O) groups is 2. The minimum atomic E-state index is -0.451. The van der Waals surface area contributed by atoms with Gasteiger partial charge in [-0.1, -0.05) is 29.8 Å². The maximum atomic E-state index is 12.5. The Morgan fingerprint density at radius 3 is 2.71 bits per heavy atom. The monoisotopic (exact) mass is 303 g/mol. The Morgan fingerprint density at radius 2 is 2.05 bits per heavy atom. The topological polar surface area (TPSA) is 61.4 Å². The van der Waals surface area contributed by atoms with Gasteiger partial charge in [-0.3, -0.25) is 4.79 Å². The Bertz CT molecular complexity index is 651. The van der Waals surface area contributed by atoms with Crippen LogP contribution in [0.2, 0.25) is 5.02 Å². The molecule has 0 saturated carbocycles. The fourth-order valence-corrected chi connectivity index (χ4v) is 2.76. The fourth-order valence-electron chi connectivity index (χ4n) is 2.64. The highest BCUT2D eigenvalue weighted by Gasteiger charge is 2.39. The molecule has 2 heterocycles. The summed E-state index contributed by atoms with van der Waals surface area (Å²) in [6.45, 7) is 4.50. The van der Waals surface area contributed by atoms with Gasteiger partial charge in [0.25, 0.3) is 5.91 Å². The molecule has 2 aliphatic heterocycles. The number of hydrogen-bond donors (Lipinski definition) is 2. The second-order valence-electron chi connectivity index (χ2n) is 4.95. The standard InChI is InChI=1S/C15H14ClN3O2/c1-2-7-19-8-11-12(14(19)20)13(18-15(21)17-11)9-3-5-10(16)6-4-9/h2-6,13H,1,7-8H2,(H2,17,18,21)/t13-/m1/s1. The summed E-state index contributed by atoms with van der Waals surface area (Å²) < 4.78 is 0. The molecule has 21 heavy (non-hydrogen) atoms. The van der Waals surface area contributed by atoms with E-state index in [1.165, 1.54) is 0 Å². The van der Waals surface area contributed by atoms with E-state index in [0.29, 0.717) is 29.4 Å². The minimum absolute atomic E-state index is 0.0858. The van der Waals surface area contributed by atoms with Crippen LogP contribution in [0.1, 0.15) is 11.6 Å². The number of amides is 3. The van der Waals surface area contributed by atoms with Crippen LogP contribution in [0.5, 0.6) is 0 Å². The van der Waals surface area contributed by atoms with Gasteiger partial charge < -0.3 is 15.5 Å². The van der Waals surface area contributed by atoms with E-state index in [-0.39, 0.29) is 11.9 Å². The first kappa shape index (κ1) is 13.7. The highest BCUT2D eigenvalue weighted by Crippen LogP contribution is 2.32. The molecule has 0 unspecified atom stereocenters. The summed E-state index contributed by atoms with van der Waals surface area (Å²) in [5.74, 6) is -0.0858. The average molecular weight is 304 g/mol. The van der Waals surface area contributed by atoms with E-state index in [0.717, 1.165) is 5.56 Å². The van der Waals surface area contributed by atoms with E-state index in [9.17, 15) is 9.59 Å². The van der Waals surface area contributed by atoms with E-state index >= 15 is 0 Å². The van der Waals surface area contributed by atoms with Gasteiger partial charge >= 0.3 is 6.03 Å². The summed E-state index contributed by atoms with van der Waals surface area (Å²) in [6, 6.07) is 6.35. The molecule has 0 spiro atoms. The normalized spacial score (nSPS) is 21.0. The Kier molecular flexibility index (Phi) is 3.43. The van der Waals surface area contributed by atoms with Crippen molar-refractivity contribution in [2.75, 3.05) is 13.1 Å². The van der Waals surface area contributed by atoms with E-state index in [1.54, 1.807) is 23.1 Å². The molecule has 3 amide bonds. The highest BCUT2D eigenvalue weighted by molar-refractivity contribution is 6.30. The van der Waals surface area contributed by atoms with Crippen LogP contribution in [-0.2, 0) is 4.79 Å². The molecular formula is C15H14ClN3O2. The van der Waals surface area contributed by atoms with Crippen LogP contribution in [0, 0.1) is 0 Å². The van der Waals surface area contributed by atoms with Crippen LogP contribution in [0.3, 0.4) is 0 Å². The third-order valence-electron chi connectivity index (χ3n) is 3.57. The van der Waals surface area contributed by atoms with Gasteiger partial charge in [-0.05, 0) is 17.7 Å². The van der Waals surface area contributed by atoms with Crippen LogP contribution in [0.25, 0.3) is 0 Å². The molecule has 0 saturated heterocycles. The van der Waals surface area contributed by atoms with Gasteiger partial charge in [-0.15, -0.1) is 6.58 Å². The van der Waals surface area contributed by atoms with Crippen LogP contribution in [0.4, 0.5) is 4.79 Å². The number of rotatable bonds is 3. The number of nitrogens with zero attached hydrogens (tertiary/aromatic N) is 1. The predicted octanol–water partition coefficient (Wildman–Crippen LogP) is 1.98. The third kappa shape index (κ3) is 2.40. The SMILES string of the molecule is C=CCN1CC2=C(C1=O)[C@@H](c1ccc(Cl)cc1)NC(=O)N2. The number of halogens is 1. The Morgan fingerprint density at radius 1 is 1.33 bits per heavy atom. The van der Waals surface area contributed by atoms with Crippen molar-refractivity contribution in [3.63, 3.8) is 0 Å². The lowest BCUT2D eigenvalue weighted by Crippen LogP contribution is -2.44. The zero-order valence-electron chi connectivity index (χ0n) is 11.2. The molecule has 1 aromatic carbocycles. The van der Waals surface area contributed by atoms with Crippen LogP contribution < -0.4 is 10.6 Å². The van der Waals surface area contributed by atoms with Gasteiger partial charge in [0, 0.05) is 11.6 Å². The van der Waals surface area contributed by atoms with Crippen molar-refractivity contribution in [2.24, 2.45) is 0 Å². The molecule has 1 atom stereocenters. The largest absolute Gasteiger partial charge is 0.329 e. The Labute approximate surface area is 127 Å². The predicted molar refractivity (Wildman–Crippen MR) is 79.7 cm³/mol. The zero-order valence-corrected chi connectivity index (χ0v) is 12.0. The van der Waals surface area contributed by atoms with E-state index in [1.807, 2.05) is 12.1 Å². The summed E-state index contributed by atoms with van der Waals surface area (Å²) >= 11 is 5.89. The van der Waals surface area contributed by atoms with Crippen LogP contribution in [0.15, 0.2) is 48.2 Å². The van der Waals surface area contributed by atoms with Crippen LogP contribution >= 0.6 is 11.6 Å². The first-order chi connectivity index (χ1) is 10.1. The van der Waals surface area contributed by atoms with Crippen molar-refractivity contribution in [3.05, 3.63) is 58.8 Å². The van der Waals surface area contributed by atoms with Crippen LogP contribution in [-0.4, -0.2) is 29.9 Å². The van der Waals surface area contributed by atoms with Gasteiger partial charge in [0.05, 0.1) is 23.9 Å². The van der Waals surface area contributed by atoms with Gasteiger partial charge in [0.1, 0.15) is 0 Å². The quantitative estimate of drug-likeness (QED) is 0.839. The molecule has 2 N–H and O–H groups in total. The smallest absolute Gasteiger partial charge is 0.319 e. The summed E-state index contributed by atoms with van der Waals surface area (Å²) in [7, 11) is 0. The molecular weight excluding hydrogens is 290 g/mol. The van der Waals surface area contributed by atoms with E-state index in [2.05, 4.69) is 17.2 Å². The second-order valence-corrected chi connectivity index (χ2v) is 5.39. The first-order valence-electron chi connectivity index (χ1n) is 6.56. The molecule has 1 aromatic rings. The maximum Gasteiger partial charge on any atom is 0.319 e. The summed E-state index contributed by atoms with van der Waals surface area (Å²) in [5.41, 5.74) is 2.07. The number of urea groups is 1. The fraction of sp³-hybridized carbons (Fsp3) is 0.200. The molecule has 108 valence electrons. The van der Waals surface area contributed by atoms with Crippen molar-refractivity contribution in [2.45, 2.75) is 6.04 Å². The molecule has 0 bridgehead atoms. The van der Waals surface area contributed by atoms with Crippen molar-refractivity contribution in [1.29, 1.82) is 0 Å². The van der Waals surface area contributed by atoms with Gasteiger partial charge in [0.15, 0.2) is 0 Å². The van der Waals surface area contributed by atoms with E-state index < -0.39 is 6.04 Å². The maximum absolute atomic E-state index is 12.5. The average Bonchev–Trinajstić information content (AvgIpc) is 2.76. The van der Waals surface area contributed by atoms with Crippen molar-refractivity contribution < 1.29 is 9.59 Å².